The van der Waals surface area contributed by atoms with Crippen molar-refractivity contribution in [2.24, 2.45) is 17.8 Å². The van der Waals surface area contributed by atoms with Gasteiger partial charge in [0.1, 0.15) is 0 Å². The summed E-state index contributed by atoms with van der Waals surface area (Å²) in [6, 6.07) is 4.63. The Bertz CT molecular complexity index is 730. The number of aliphatic carboxylic acids is 1. The summed E-state index contributed by atoms with van der Waals surface area (Å²) in [6.45, 7) is 4.52. The van der Waals surface area contributed by atoms with E-state index in [1.807, 2.05) is 19.9 Å². The van der Waals surface area contributed by atoms with Crippen molar-refractivity contribution < 1.29 is 19.5 Å². The maximum Gasteiger partial charge on any atom is 0.307 e. The second-order valence-corrected chi connectivity index (χ2v) is 7.19. The molecular formula is C19H23ClN2O4. The third-order valence-corrected chi connectivity index (χ3v) is 4.55. The topological polar surface area (TPSA) is 95.5 Å². The molecule has 0 saturated heterocycles. The van der Waals surface area contributed by atoms with E-state index in [2.05, 4.69) is 10.6 Å². The fourth-order valence-electron chi connectivity index (χ4n) is 2.78. The van der Waals surface area contributed by atoms with Crippen molar-refractivity contribution in [2.75, 3.05) is 11.9 Å². The van der Waals surface area contributed by atoms with E-state index in [1.54, 1.807) is 18.2 Å². The van der Waals surface area contributed by atoms with Crippen LogP contribution in [-0.4, -0.2) is 29.4 Å². The first-order chi connectivity index (χ1) is 12.3. The Kier molecular flexibility index (Phi) is 6.80. The van der Waals surface area contributed by atoms with Gasteiger partial charge in [-0.15, -0.1) is 0 Å². The Labute approximate surface area is 157 Å². The number of carbonyl (C=O) groups excluding carboxylic acids is 2. The largest absolute Gasteiger partial charge is 0.481 e. The fourth-order valence-corrected chi connectivity index (χ4v) is 3.05. The van der Waals surface area contributed by atoms with Gasteiger partial charge in [0.2, 0.25) is 5.91 Å². The molecule has 0 saturated carbocycles. The highest BCUT2D eigenvalue weighted by atomic mass is 35.5. The quantitative estimate of drug-likeness (QED) is 0.661. The average Bonchev–Trinajstić information content (AvgIpc) is 2.59. The van der Waals surface area contributed by atoms with E-state index in [0.29, 0.717) is 36.6 Å². The van der Waals surface area contributed by atoms with Crippen molar-refractivity contribution in [3.8, 4) is 0 Å². The SMILES string of the molecule is CC(C)CNC(=O)c1ccc(NC(=O)[C@@H]2CC=CC[C@H]2C(=O)O)cc1Cl. The number of rotatable bonds is 6. The fraction of sp³-hybridized carbons (Fsp3) is 0.421. The van der Waals surface area contributed by atoms with Gasteiger partial charge >= 0.3 is 5.97 Å². The van der Waals surface area contributed by atoms with Crippen LogP contribution in [0.25, 0.3) is 0 Å². The number of nitrogens with one attached hydrogen (secondary N) is 2. The van der Waals surface area contributed by atoms with Crippen molar-refractivity contribution in [1.29, 1.82) is 0 Å². The number of allylic oxidation sites excluding steroid dienone is 2. The number of halogens is 1. The van der Waals surface area contributed by atoms with Crippen molar-refractivity contribution in [3.05, 3.63) is 40.9 Å². The Morgan fingerprint density at radius 2 is 1.85 bits per heavy atom. The van der Waals surface area contributed by atoms with E-state index in [-0.39, 0.29) is 16.8 Å². The Balaban J connectivity index is 2.07. The number of anilines is 1. The molecule has 0 aromatic heterocycles. The zero-order valence-corrected chi connectivity index (χ0v) is 15.5. The van der Waals surface area contributed by atoms with Gasteiger partial charge in [0.05, 0.1) is 22.4 Å². The minimum absolute atomic E-state index is 0.224. The van der Waals surface area contributed by atoms with Crippen LogP contribution >= 0.6 is 11.6 Å². The van der Waals surface area contributed by atoms with Crippen LogP contribution in [0.3, 0.4) is 0 Å². The predicted molar refractivity (Wildman–Crippen MR) is 100 cm³/mol. The van der Waals surface area contributed by atoms with Crippen LogP contribution < -0.4 is 10.6 Å². The highest BCUT2D eigenvalue weighted by molar-refractivity contribution is 6.34. The highest BCUT2D eigenvalue weighted by Crippen LogP contribution is 2.28. The van der Waals surface area contributed by atoms with Gasteiger partial charge in [-0.25, -0.2) is 0 Å². The molecule has 1 aromatic carbocycles. The Morgan fingerprint density at radius 1 is 1.19 bits per heavy atom. The molecule has 26 heavy (non-hydrogen) atoms. The molecule has 1 aliphatic rings. The Hall–Kier alpha value is -2.34. The van der Waals surface area contributed by atoms with E-state index < -0.39 is 17.8 Å². The monoisotopic (exact) mass is 378 g/mol. The standard InChI is InChI=1S/C19H23ClN2O4/c1-11(2)10-21-17(23)15-8-7-12(9-16(15)20)22-18(24)13-5-3-4-6-14(13)19(25)26/h3-4,7-9,11,13-14H,5-6,10H2,1-2H3,(H,21,23)(H,22,24)(H,25,26)/t13-,14-/m1/s1. The molecule has 0 heterocycles. The number of carbonyl (C=O) groups is 3. The molecule has 0 aliphatic heterocycles. The molecule has 2 amide bonds. The van der Waals surface area contributed by atoms with E-state index in [1.165, 1.54) is 6.07 Å². The van der Waals surface area contributed by atoms with Crippen LogP contribution in [0, 0.1) is 17.8 Å². The average molecular weight is 379 g/mol. The lowest BCUT2D eigenvalue weighted by Crippen LogP contribution is -2.34. The van der Waals surface area contributed by atoms with Gasteiger partial charge in [-0.3, -0.25) is 14.4 Å². The van der Waals surface area contributed by atoms with E-state index in [4.69, 9.17) is 11.6 Å². The molecule has 2 atom stereocenters. The number of amides is 2. The summed E-state index contributed by atoms with van der Waals surface area (Å²) in [5.74, 6) is -2.67. The molecule has 0 bridgehead atoms. The van der Waals surface area contributed by atoms with Gasteiger partial charge in [0.15, 0.2) is 0 Å². The lowest BCUT2D eigenvalue weighted by molar-refractivity contribution is -0.146. The Morgan fingerprint density at radius 3 is 2.42 bits per heavy atom. The highest BCUT2D eigenvalue weighted by Gasteiger charge is 2.34. The summed E-state index contributed by atoms with van der Waals surface area (Å²) in [5, 5.41) is 15.0. The predicted octanol–water partition coefficient (Wildman–Crippen LogP) is 3.33. The summed E-state index contributed by atoms with van der Waals surface area (Å²) >= 11 is 6.17. The van der Waals surface area contributed by atoms with Gasteiger partial charge in [0, 0.05) is 12.2 Å². The molecule has 2 rings (SSSR count). The molecule has 1 aromatic rings. The first-order valence-electron chi connectivity index (χ1n) is 8.56. The summed E-state index contributed by atoms with van der Waals surface area (Å²) in [6.07, 6.45) is 4.32. The number of hydrogen-bond acceptors (Lipinski definition) is 3. The van der Waals surface area contributed by atoms with Crippen molar-refractivity contribution in [3.63, 3.8) is 0 Å². The van der Waals surface area contributed by atoms with Crippen LogP contribution in [0.1, 0.15) is 37.0 Å². The van der Waals surface area contributed by atoms with Crippen molar-refractivity contribution in [1.82, 2.24) is 5.32 Å². The molecular weight excluding hydrogens is 356 g/mol. The maximum atomic E-state index is 12.5. The smallest absolute Gasteiger partial charge is 0.307 e. The molecule has 6 nitrogen and oxygen atoms in total. The third kappa shape index (κ3) is 5.08. The molecule has 7 heteroatoms. The summed E-state index contributed by atoms with van der Waals surface area (Å²) in [5.41, 5.74) is 0.758. The van der Waals surface area contributed by atoms with Gasteiger partial charge < -0.3 is 15.7 Å². The van der Waals surface area contributed by atoms with Gasteiger partial charge in [-0.2, -0.15) is 0 Å². The lowest BCUT2D eigenvalue weighted by atomic mass is 9.82. The molecule has 1 aliphatic carbocycles. The minimum Gasteiger partial charge on any atom is -0.481 e. The molecule has 0 unspecified atom stereocenters. The van der Waals surface area contributed by atoms with Crippen molar-refractivity contribution in [2.45, 2.75) is 26.7 Å². The van der Waals surface area contributed by atoms with Gasteiger partial charge in [-0.1, -0.05) is 37.6 Å². The molecule has 3 N–H and O–H groups in total. The maximum absolute atomic E-state index is 12.5. The van der Waals surface area contributed by atoms with Gasteiger partial charge in [-0.05, 0) is 37.0 Å². The summed E-state index contributed by atoms with van der Waals surface area (Å²) < 4.78 is 0. The number of carboxylic acids is 1. The van der Waals surface area contributed by atoms with Crippen LogP contribution in [0.15, 0.2) is 30.4 Å². The first kappa shape index (κ1) is 20.0. The third-order valence-electron chi connectivity index (χ3n) is 4.24. The second kappa shape index (κ2) is 8.85. The second-order valence-electron chi connectivity index (χ2n) is 6.78. The van der Waals surface area contributed by atoms with Crippen LogP contribution in [0.4, 0.5) is 5.69 Å². The lowest BCUT2D eigenvalue weighted by Gasteiger charge is -2.24. The van der Waals surface area contributed by atoms with E-state index in [9.17, 15) is 19.5 Å². The minimum atomic E-state index is -0.982. The summed E-state index contributed by atoms with van der Waals surface area (Å²) in [7, 11) is 0. The number of carboxylic acid groups (broad SMARTS) is 1. The van der Waals surface area contributed by atoms with E-state index in [0.717, 1.165) is 0 Å². The zero-order valence-electron chi connectivity index (χ0n) is 14.8. The molecule has 0 radical (unpaired) electrons. The first-order valence-corrected chi connectivity index (χ1v) is 8.93. The number of benzene rings is 1. The van der Waals surface area contributed by atoms with E-state index >= 15 is 0 Å². The van der Waals surface area contributed by atoms with Crippen LogP contribution in [-0.2, 0) is 9.59 Å². The van der Waals surface area contributed by atoms with Crippen molar-refractivity contribution >= 4 is 35.1 Å². The van der Waals surface area contributed by atoms with Crippen LogP contribution in [0.2, 0.25) is 5.02 Å². The zero-order chi connectivity index (χ0) is 19.3. The molecule has 0 spiro atoms. The summed E-state index contributed by atoms with van der Waals surface area (Å²) in [4.78, 5) is 35.9. The van der Waals surface area contributed by atoms with Gasteiger partial charge in [0.25, 0.3) is 5.91 Å². The molecule has 0 fully saturated rings. The van der Waals surface area contributed by atoms with Crippen LogP contribution in [0.5, 0.6) is 0 Å². The number of hydrogen-bond donors (Lipinski definition) is 3. The molecule has 140 valence electrons. The normalized spacial score (nSPS) is 19.2.